The highest BCUT2D eigenvalue weighted by atomic mass is 16.4. The second kappa shape index (κ2) is 4.00. The lowest BCUT2D eigenvalue weighted by Gasteiger charge is -1.99. The number of aromatic carboxylic acids is 1. The minimum Gasteiger partial charge on any atom is -0.478 e. The maximum absolute atomic E-state index is 10.9. The van der Waals surface area contributed by atoms with E-state index in [1.54, 1.807) is 12.1 Å². The van der Waals surface area contributed by atoms with Crippen LogP contribution in [0, 0.1) is 6.92 Å². The van der Waals surface area contributed by atoms with E-state index in [1.165, 1.54) is 5.56 Å². The maximum atomic E-state index is 10.9. The summed E-state index contributed by atoms with van der Waals surface area (Å²) in [5, 5.41) is 10.0. The first-order chi connectivity index (χ1) is 7.63. The van der Waals surface area contributed by atoms with Crippen molar-refractivity contribution < 1.29 is 9.90 Å². The van der Waals surface area contributed by atoms with Gasteiger partial charge in [-0.1, -0.05) is 13.3 Å². The predicted octanol–water partition coefficient (Wildman–Crippen LogP) is 3.13. The highest BCUT2D eigenvalue weighted by Gasteiger charge is 2.10. The Morgan fingerprint density at radius 2 is 2.19 bits per heavy atom. The molecule has 0 saturated carbocycles. The molecule has 0 amide bonds. The van der Waals surface area contributed by atoms with Crippen LogP contribution in [0.25, 0.3) is 10.9 Å². The fourth-order valence-corrected chi connectivity index (χ4v) is 2.09. The van der Waals surface area contributed by atoms with E-state index in [2.05, 4.69) is 11.9 Å². The van der Waals surface area contributed by atoms with E-state index in [-0.39, 0.29) is 0 Å². The lowest BCUT2D eigenvalue weighted by molar-refractivity contribution is 0.0697. The van der Waals surface area contributed by atoms with Crippen molar-refractivity contribution in [2.45, 2.75) is 26.7 Å². The molecule has 1 heterocycles. The summed E-state index contributed by atoms with van der Waals surface area (Å²) < 4.78 is 0. The van der Waals surface area contributed by atoms with E-state index in [1.807, 2.05) is 13.0 Å². The lowest BCUT2D eigenvalue weighted by atomic mass is 10.0. The molecule has 1 aromatic heterocycles. The first kappa shape index (κ1) is 10.7. The second-order valence-corrected chi connectivity index (χ2v) is 4.04. The largest absolute Gasteiger partial charge is 0.478 e. The zero-order chi connectivity index (χ0) is 11.7. The van der Waals surface area contributed by atoms with Crippen LogP contribution in [0.1, 0.15) is 35.0 Å². The molecule has 2 rings (SSSR count). The Morgan fingerprint density at radius 1 is 1.44 bits per heavy atom. The van der Waals surface area contributed by atoms with Gasteiger partial charge in [-0.25, -0.2) is 4.79 Å². The zero-order valence-corrected chi connectivity index (χ0v) is 9.50. The van der Waals surface area contributed by atoms with Crippen molar-refractivity contribution in [3.05, 3.63) is 35.0 Å². The molecule has 84 valence electrons. The molecule has 2 aromatic rings. The van der Waals surface area contributed by atoms with Crippen LogP contribution in [0.2, 0.25) is 0 Å². The first-order valence-electron chi connectivity index (χ1n) is 5.48. The molecule has 2 N–H and O–H groups in total. The molecule has 0 saturated heterocycles. The number of hydrogen-bond acceptors (Lipinski definition) is 1. The van der Waals surface area contributed by atoms with Gasteiger partial charge in [0.05, 0.1) is 5.56 Å². The third-order valence-corrected chi connectivity index (χ3v) is 2.87. The van der Waals surface area contributed by atoms with Gasteiger partial charge in [-0.05, 0) is 37.1 Å². The monoisotopic (exact) mass is 217 g/mol. The standard InChI is InChI=1S/C13H15NO2/c1-3-4-10-8(2)14-12-6-5-9(13(15)16)7-11(10)12/h5-7,14H,3-4H2,1-2H3,(H,15,16). The average molecular weight is 217 g/mol. The smallest absolute Gasteiger partial charge is 0.335 e. The molecule has 3 heteroatoms. The van der Waals surface area contributed by atoms with Gasteiger partial charge in [-0.2, -0.15) is 0 Å². The molecule has 0 aliphatic rings. The van der Waals surface area contributed by atoms with Crippen LogP contribution < -0.4 is 0 Å². The molecule has 0 fully saturated rings. The summed E-state index contributed by atoms with van der Waals surface area (Å²) in [6.45, 7) is 4.16. The zero-order valence-electron chi connectivity index (χ0n) is 9.50. The maximum Gasteiger partial charge on any atom is 0.335 e. The summed E-state index contributed by atoms with van der Waals surface area (Å²) in [6, 6.07) is 5.23. The van der Waals surface area contributed by atoms with Gasteiger partial charge >= 0.3 is 5.97 Å². The number of nitrogens with one attached hydrogen (secondary N) is 1. The number of H-pyrrole nitrogens is 1. The number of fused-ring (bicyclic) bond motifs is 1. The number of benzene rings is 1. The lowest BCUT2D eigenvalue weighted by Crippen LogP contribution is -1.95. The normalized spacial score (nSPS) is 10.9. The number of carboxylic acid groups (broad SMARTS) is 1. The number of carbonyl (C=O) groups is 1. The molecule has 16 heavy (non-hydrogen) atoms. The van der Waals surface area contributed by atoms with Gasteiger partial charge in [0.15, 0.2) is 0 Å². The van der Waals surface area contributed by atoms with Crippen molar-refractivity contribution in [3.63, 3.8) is 0 Å². The summed E-state index contributed by atoms with van der Waals surface area (Å²) >= 11 is 0. The highest BCUT2D eigenvalue weighted by molar-refractivity contribution is 5.95. The van der Waals surface area contributed by atoms with Gasteiger partial charge in [0.1, 0.15) is 0 Å². The molecular weight excluding hydrogens is 202 g/mol. The third kappa shape index (κ3) is 1.69. The Bertz CT molecular complexity index is 540. The summed E-state index contributed by atoms with van der Waals surface area (Å²) in [6.07, 6.45) is 2.04. The van der Waals surface area contributed by atoms with Crippen molar-refractivity contribution in [2.24, 2.45) is 0 Å². The van der Waals surface area contributed by atoms with Gasteiger partial charge in [-0.15, -0.1) is 0 Å². The number of carboxylic acids is 1. The Morgan fingerprint density at radius 3 is 2.81 bits per heavy atom. The van der Waals surface area contributed by atoms with Gasteiger partial charge in [0, 0.05) is 16.6 Å². The van der Waals surface area contributed by atoms with Gasteiger partial charge in [0.2, 0.25) is 0 Å². The molecule has 0 unspecified atom stereocenters. The SMILES string of the molecule is CCCc1c(C)[nH]c2ccc(C(=O)O)cc12. The number of aromatic nitrogens is 1. The first-order valence-corrected chi connectivity index (χ1v) is 5.48. The van der Waals surface area contributed by atoms with Crippen molar-refractivity contribution in [2.75, 3.05) is 0 Å². The van der Waals surface area contributed by atoms with Gasteiger partial charge in [-0.3, -0.25) is 0 Å². The van der Waals surface area contributed by atoms with Gasteiger partial charge in [0.25, 0.3) is 0 Å². The number of hydrogen-bond donors (Lipinski definition) is 2. The Labute approximate surface area is 94.1 Å². The summed E-state index contributed by atoms with van der Waals surface area (Å²) in [7, 11) is 0. The number of aromatic amines is 1. The van der Waals surface area contributed by atoms with Crippen molar-refractivity contribution in [1.82, 2.24) is 4.98 Å². The Hall–Kier alpha value is -1.77. The molecule has 0 bridgehead atoms. The van der Waals surface area contributed by atoms with Crippen LogP contribution in [0.15, 0.2) is 18.2 Å². The summed E-state index contributed by atoms with van der Waals surface area (Å²) in [4.78, 5) is 14.2. The highest BCUT2D eigenvalue weighted by Crippen LogP contribution is 2.24. The molecular formula is C13H15NO2. The summed E-state index contributed by atoms with van der Waals surface area (Å²) in [5.74, 6) is -0.872. The Balaban J connectivity index is 2.64. The van der Waals surface area contributed by atoms with Crippen LogP contribution in [0.4, 0.5) is 0 Å². The fourth-order valence-electron chi connectivity index (χ4n) is 2.09. The van der Waals surface area contributed by atoms with Crippen molar-refractivity contribution in [3.8, 4) is 0 Å². The van der Waals surface area contributed by atoms with Gasteiger partial charge < -0.3 is 10.1 Å². The second-order valence-electron chi connectivity index (χ2n) is 4.04. The van der Waals surface area contributed by atoms with Crippen LogP contribution in [0.5, 0.6) is 0 Å². The van der Waals surface area contributed by atoms with Crippen LogP contribution in [0.3, 0.4) is 0 Å². The molecule has 0 radical (unpaired) electrons. The van der Waals surface area contributed by atoms with E-state index < -0.39 is 5.97 Å². The summed E-state index contributed by atoms with van der Waals surface area (Å²) in [5.41, 5.74) is 3.75. The molecule has 0 spiro atoms. The van der Waals surface area contributed by atoms with E-state index in [0.29, 0.717) is 5.56 Å². The van der Waals surface area contributed by atoms with Crippen LogP contribution in [-0.2, 0) is 6.42 Å². The molecule has 0 atom stereocenters. The van der Waals surface area contributed by atoms with E-state index in [0.717, 1.165) is 29.4 Å². The molecule has 0 aliphatic heterocycles. The van der Waals surface area contributed by atoms with Crippen LogP contribution in [-0.4, -0.2) is 16.1 Å². The van der Waals surface area contributed by atoms with Crippen molar-refractivity contribution in [1.29, 1.82) is 0 Å². The topological polar surface area (TPSA) is 53.1 Å². The fraction of sp³-hybridized carbons (Fsp3) is 0.308. The third-order valence-electron chi connectivity index (χ3n) is 2.87. The van der Waals surface area contributed by atoms with Crippen LogP contribution >= 0.6 is 0 Å². The molecule has 3 nitrogen and oxygen atoms in total. The van der Waals surface area contributed by atoms with E-state index in [9.17, 15) is 4.79 Å². The quantitative estimate of drug-likeness (QED) is 0.829. The Kier molecular flexibility index (Phi) is 2.69. The predicted molar refractivity (Wildman–Crippen MR) is 64.0 cm³/mol. The average Bonchev–Trinajstić information content (AvgIpc) is 2.55. The number of aryl methyl sites for hydroxylation is 2. The molecule has 0 aliphatic carbocycles. The van der Waals surface area contributed by atoms with E-state index >= 15 is 0 Å². The number of rotatable bonds is 3. The van der Waals surface area contributed by atoms with E-state index in [4.69, 9.17) is 5.11 Å². The minimum absolute atomic E-state index is 0.351. The van der Waals surface area contributed by atoms with Crippen molar-refractivity contribution >= 4 is 16.9 Å². The molecule has 1 aromatic carbocycles. The minimum atomic E-state index is -0.872.